The van der Waals surface area contributed by atoms with Crippen LogP contribution in [0, 0.1) is 0 Å². The summed E-state index contributed by atoms with van der Waals surface area (Å²) in [6, 6.07) is 10.4. The van der Waals surface area contributed by atoms with Crippen LogP contribution in [0.3, 0.4) is 0 Å². The van der Waals surface area contributed by atoms with Gasteiger partial charge < -0.3 is 22.6 Å². The number of benzene rings is 2. The van der Waals surface area contributed by atoms with Gasteiger partial charge in [-0.15, -0.1) is 0 Å². The van der Waals surface area contributed by atoms with Crippen LogP contribution in [0.15, 0.2) is 51.7 Å². The van der Waals surface area contributed by atoms with Gasteiger partial charge in [-0.1, -0.05) is 12.1 Å². The van der Waals surface area contributed by atoms with Crippen molar-refractivity contribution in [3.8, 4) is 28.6 Å². The minimum Gasteiger partial charge on any atom is -1.00 e. The summed E-state index contributed by atoms with van der Waals surface area (Å²) in [5, 5.41) is 29.0. The molecule has 0 fully saturated rings. The van der Waals surface area contributed by atoms with Crippen LogP contribution in [0.5, 0.6) is 17.2 Å². The van der Waals surface area contributed by atoms with E-state index in [0.717, 1.165) is 0 Å². The SMILES string of the molecule is O=c1c(O)c(-c2ccc(O)c(O)c2)oc2ccccc12.[H-].[H-].[Mg+2]. The predicted molar refractivity (Wildman–Crippen MR) is 80.9 cm³/mol. The molecule has 0 unspecified atom stereocenters. The molecule has 0 aliphatic carbocycles. The fraction of sp³-hybridized carbons (Fsp3) is 0. The number of rotatable bonds is 1. The Kier molecular flexibility index (Phi) is 4.10. The summed E-state index contributed by atoms with van der Waals surface area (Å²) in [6.07, 6.45) is 0. The Morgan fingerprint density at radius 1 is 0.952 bits per heavy atom. The summed E-state index contributed by atoms with van der Waals surface area (Å²) in [4.78, 5) is 12.1. The summed E-state index contributed by atoms with van der Waals surface area (Å²) in [5.74, 6) is -1.24. The Labute approximate surface area is 138 Å². The molecule has 1 aromatic heterocycles. The fourth-order valence-corrected chi connectivity index (χ4v) is 1.99. The average molecular weight is 297 g/mol. The molecule has 3 N–H and O–H groups in total. The van der Waals surface area contributed by atoms with E-state index in [1.807, 2.05) is 0 Å². The molecule has 6 heteroatoms. The first kappa shape index (κ1) is 15.2. The number of aromatic hydroxyl groups is 3. The molecule has 0 aliphatic rings. The molecule has 0 radical (unpaired) electrons. The number of phenols is 2. The van der Waals surface area contributed by atoms with Crippen molar-refractivity contribution >= 4 is 34.0 Å². The number of hydrogen-bond donors (Lipinski definition) is 3. The number of phenolic OH excluding ortho intramolecular Hbond substituents is 2. The predicted octanol–water partition coefficient (Wildman–Crippen LogP) is 2.42. The van der Waals surface area contributed by atoms with E-state index in [1.54, 1.807) is 24.3 Å². The third-order valence-electron chi connectivity index (χ3n) is 3.01. The standard InChI is InChI=1S/C15H10O5.Mg.2H/c16-10-6-5-8(7-11(10)17)15-14(19)13(18)9-3-1-2-4-12(9)20-15;;;/h1-7,16-17,19H;;;/q;+2;2*-1. The van der Waals surface area contributed by atoms with E-state index in [4.69, 9.17) is 4.42 Å². The molecule has 21 heavy (non-hydrogen) atoms. The van der Waals surface area contributed by atoms with Crippen molar-refractivity contribution in [1.82, 2.24) is 0 Å². The minimum absolute atomic E-state index is 0. The number of hydrogen-bond acceptors (Lipinski definition) is 5. The normalized spacial score (nSPS) is 10.3. The van der Waals surface area contributed by atoms with Crippen molar-refractivity contribution in [2.24, 2.45) is 0 Å². The van der Waals surface area contributed by atoms with Gasteiger partial charge in [-0.05, 0) is 30.3 Å². The minimum atomic E-state index is -0.547. The quantitative estimate of drug-likeness (QED) is 0.474. The van der Waals surface area contributed by atoms with E-state index >= 15 is 0 Å². The molecule has 0 bridgehead atoms. The summed E-state index contributed by atoms with van der Waals surface area (Å²) >= 11 is 0. The fourth-order valence-electron chi connectivity index (χ4n) is 1.99. The summed E-state index contributed by atoms with van der Waals surface area (Å²) in [7, 11) is 0. The summed E-state index contributed by atoms with van der Waals surface area (Å²) in [6.45, 7) is 0. The van der Waals surface area contributed by atoms with Gasteiger partial charge in [-0.25, -0.2) is 0 Å². The summed E-state index contributed by atoms with van der Waals surface area (Å²) in [5.41, 5.74) is 0.0768. The molecular weight excluding hydrogens is 284 g/mol. The van der Waals surface area contributed by atoms with Crippen LogP contribution in [0.25, 0.3) is 22.3 Å². The van der Waals surface area contributed by atoms with E-state index < -0.39 is 11.2 Å². The third-order valence-corrected chi connectivity index (χ3v) is 3.01. The average Bonchev–Trinajstić information content (AvgIpc) is 2.46. The van der Waals surface area contributed by atoms with E-state index in [2.05, 4.69) is 0 Å². The first-order valence-corrected chi connectivity index (χ1v) is 5.85. The Morgan fingerprint density at radius 2 is 1.67 bits per heavy atom. The third kappa shape index (κ3) is 2.55. The molecule has 0 amide bonds. The van der Waals surface area contributed by atoms with Crippen LogP contribution < -0.4 is 5.43 Å². The maximum atomic E-state index is 12.1. The van der Waals surface area contributed by atoms with Gasteiger partial charge in [0.1, 0.15) is 5.58 Å². The smallest absolute Gasteiger partial charge is 1.00 e. The molecule has 1 heterocycles. The largest absolute Gasteiger partial charge is 2.00 e. The van der Waals surface area contributed by atoms with E-state index in [-0.39, 0.29) is 48.6 Å². The molecule has 2 aromatic carbocycles. The van der Waals surface area contributed by atoms with Crippen molar-refractivity contribution in [3.63, 3.8) is 0 Å². The topological polar surface area (TPSA) is 90.9 Å². The zero-order chi connectivity index (χ0) is 14.3. The van der Waals surface area contributed by atoms with Crippen LogP contribution in [0.4, 0.5) is 0 Å². The van der Waals surface area contributed by atoms with Crippen LogP contribution in [-0.2, 0) is 0 Å². The molecule has 0 saturated heterocycles. The van der Waals surface area contributed by atoms with Gasteiger partial charge in [0.05, 0.1) is 5.39 Å². The number of para-hydroxylation sites is 1. The molecular formula is C15H12MgO5. The molecule has 3 rings (SSSR count). The van der Waals surface area contributed by atoms with E-state index in [1.165, 1.54) is 18.2 Å². The Hall–Kier alpha value is -2.18. The molecule has 3 aromatic rings. The summed E-state index contributed by atoms with van der Waals surface area (Å²) < 4.78 is 5.51. The van der Waals surface area contributed by atoms with Gasteiger partial charge in [0, 0.05) is 5.56 Å². The van der Waals surface area contributed by atoms with Gasteiger partial charge in [-0.2, -0.15) is 0 Å². The first-order chi connectivity index (χ1) is 9.58. The van der Waals surface area contributed by atoms with Crippen molar-refractivity contribution in [1.29, 1.82) is 0 Å². The zero-order valence-corrected chi connectivity index (χ0v) is 12.3. The van der Waals surface area contributed by atoms with Crippen LogP contribution in [-0.4, -0.2) is 38.4 Å². The second kappa shape index (κ2) is 5.67. The Morgan fingerprint density at radius 3 is 2.38 bits per heavy atom. The van der Waals surface area contributed by atoms with Crippen molar-refractivity contribution in [2.75, 3.05) is 0 Å². The molecule has 104 valence electrons. The molecule has 0 saturated carbocycles. The van der Waals surface area contributed by atoms with Crippen molar-refractivity contribution in [2.45, 2.75) is 0 Å². The van der Waals surface area contributed by atoms with Gasteiger partial charge in [-0.3, -0.25) is 4.79 Å². The van der Waals surface area contributed by atoms with Crippen molar-refractivity contribution < 1.29 is 22.6 Å². The monoisotopic (exact) mass is 296 g/mol. The molecule has 0 atom stereocenters. The molecule has 5 nitrogen and oxygen atoms in total. The molecule has 0 aliphatic heterocycles. The Bertz CT molecular complexity index is 879. The van der Waals surface area contributed by atoms with E-state index in [9.17, 15) is 20.1 Å². The second-order valence-electron chi connectivity index (χ2n) is 4.31. The Balaban J connectivity index is 0.00000161. The van der Waals surface area contributed by atoms with Crippen molar-refractivity contribution in [3.05, 3.63) is 52.7 Å². The van der Waals surface area contributed by atoms with Gasteiger partial charge >= 0.3 is 23.1 Å². The van der Waals surface area contributed by atoms with Crippen LogP contribution in [0.1, 0.15) is 2.85 Å². The first-order valence-electron chi connectivity index (χ1n) is 5.85. The van der Waals surface area contributed by atoms with Gasteiger partial charge in [0.25, 0.3) is 0 Å². The zero-order valence-electron chi connectivity index (χ0n) is 12.9. The van der Waals surface area contributed by atoms with E-state index in [0.29, 0.717) is 11.1 Å². The van der Waals surface area contributed by atoms with Gasteiger partial charge in [0.15, 0.2) is 17.3 Å². The molecule has 0 spiro atoms. The van der Waals surface area contributed by atoms with Crippen LogP contribution >= 0.6 is 0 Å². The second-order valence-corrected chi connectivity index (χ2v) is 4.31. The maximum absolute atomic E-state index is 12.1. The van der Waals surface area contributed by atoms with Gasteiger partial charge in [0.2, 0.25) is 11.2 Å². The van der Waals surface area contributed by atoms with Crippen LogP contribution in [0.2, 0.25) is 0 Å². The number of fused-ring (bicyclic) bond motifs is 1. The maximum Gasteiger partial charge on any atom is 2.00 e.